The number of benzene rings is 2. The predicted molar refractivity (Wildman–Crippen MR) is 114 cm³/mol. The number of aromatic nitrogens is 5. The Kier molecular flexibility index (Phi) is 3.90. The van der Waals surface area contributed by atoms with Crippen molar-refractivity contribution in [3.05, 3.63) is 69.7 Å². The molecule has 0 atom stereocenters. The summed E-state index contributed by atoms with van der Waals surface area (Å²) in [6, 6.07) is 10.7. The van der Waals surface area contributed by atoms with E-state index in [1.807, 2.05) is 25.1 Å². The summed E-state index contributed by atoms with van der Waals surface area (Å²) in [7, 11) is 0. The highest BCUT2D eigenvalue weighted by molar-refractivity contribution is 6.45. The fraction of sp³-hybridized carbons (Fsp3) is 0.0500. The summed E-state index contributed by atoms with van der Waals surface area (Å²) in [5.41, 5.74) is 10.1. The number of halogens is 2. The van der Waals surface area contributed by atoms with Gasteiger partial charge in [-0.15, -0.1) is 0 Å². The van der Waals surface area contributed by atoms with Crippen LogP contribution in [0.15, 0.2) is 42.6 Å². The molecule has 0 amide bonds. The Morgan fingerprint density at radius 1 is 1.10 bits per heavy atom. The number of carbonyl (C=O) groups excluding carboxylic acids is 1. The number of carbonyl (C=O) groups is 1. The highest BCUT2D eigenvalue weighted by Crippen LogP contribution is 2.32. The van der Waals surface area contributed by atoms with Crippen LogP contribution in [0.4, 0.5) is 5.82 Å². The van der Waals surface area contributed by atoms with Crippen molar-refractivity contribution >= 4 is 56.7 Å². The fourth-order valence-corrected chi connectivity index (χ4v) is 3.79. The minimum Gasteiger partial charge on any atom is -0.383 e. The van der Waals surface area contributed by atoms with Gasteiger partial charge in [-0.1, -0.05) is 23.2 Å². The summed E-state index contributed by atoms with van der Waals surface area (Å²) < 4.78 is 1.52. The summed E-state index contributed by atoms with van der Waals surface area (Å²) in [4.78, 5) is 23.7. The zero-order valence-electron chi connectivity index (χ0n) is 15.1. The lowest BCUT2D eigenvalue weighted by atomic mass is 10.1. The number of anilines is 1. The van der Waals surface area contributed by atoms with Crippen molar-refractivity contribution in [3.63, 3.8) is 0 Å². The summed E-state index contributed by atoms with van der Waals surface area (Å²) in [6.07, 6.45) is 1.46. The van der Waals surface area contributed by atoms with Crippen molar-refractivity contribution in [2.45, 2.75) is 6.92 Å². The van der Waals surface area contributed by atoms with Crippen molar-refractivity contribution in [2.75, 3.05) is 5.73 Å². The number of aromatic amines is 2. The van der Waals surface area contributed by atoms with Gasteiger partial charge in [0.15, 0.2) is 0 Å². The maximum Gasteiger partial charge on any atom is 0.214 e. The van der Waals surface area contributed by atoms with Gasteiger partial charge in [0.05, 0.1) is 44.2 Å². The average Bonchev–Trinajstić information content (AvgIpc) is 3.39. The largest absolute Gasteiger partial charge is 0.383 e. The Morgan fingerprint density at radius 3 is 2.72 bits per heavy atom. The minimum atomic E-state index is -0.283. The first-order chi connectivity index (χ1) is 13.9. The Balaban J connectivity index is 1.56. The number of hydrogen-bond donors (Lipinski definition) is 3. The summed E-state index contributed by atoms with van der Waals surface area (Å²) in [6.45, 7) is 1.89. The molecule has 0 aliphatic heterocycles. The van der Waals surface area contributed by atoms with Crippen LogP contribution in [0.5, 0.6) is 0 Å². The van der Waals surface area contributed by atoms with E-state index in [0.717, 1.165) is 16.9 Å². The number of hydrogen-bond acceptors (Lipinski definition) is 4. The van der Waals surface area contributed by atoms with E-state index in [1.54, 1.807) is 18.2 Å². The first-order valence-electron chi connectivity index (χ1n) is 8.74. The van der Waals surface area contributed by atoms with E-state index in [0.29, 0.717) is 32.3 Å². The SMILES string of the molecule is Cc1nc2cc(-n3ncc(C(=O)c4cc5c(Cl)c(Cl)ccc5[nH]4)c3N)ccc2[nH]1. The number of nitrogens with two attached hydrogens (primary N) is 1. The number of imidazole rings is 1. The van der Waals surface area contributed by atoms with Crippen LogP contribution in [0, 0.1) is 6.92 Å². The van der Waals surface area contributed by atoms with Crippen LogP contribution in [-0.2, 0) is 0 Å². The molecule has 144 valence electrons. The zero-order valence-corrected chi connectivity index (χ0v) is 16.6. The number of H-pyrrole nitrogens is 2. The summed E-state index contributed by atoms with van der Waals surface area (Å²) in [5.74, 6) is 0.775. The van der Waals surface area contributed by atoms with Gasteiger partial charge in [0.2, 0.25) is 5.78 Å². The Hall–Kier alpha value is -3.29. The first-order valence-corrected chi connectivity index (χ1v) is 9.49. The number of rotatable bonds is 3. The molecule has 2 aromatic carbocycles. The zero-order chi connectivity index (χ0) is 20.3. The number of nitrogens with zero attached hydrogens (tertiary/aromatic N) is 3. The number of nitrogens with one attached hydrogen (secondary N) is 2. The van der Waals surface area contributed by atoms with E-state index in [1.165, 1.54) is 10.9 Å². The lowest BCUT2D eigenvalue weighted by Crippen LogP contribution is -2.07. The highest BCUT2D eigenvalue weighted by atomic mass is 35.5. The molecule has 0 unspecified atom stereocenters. The van der Waals surface area contributed by atoms with Crippen LogP contribution in [0.25, 0.3) is 27.6 Å². The van der Waals surface area contributed by atoms with Crippen molar-refractivity contribution in [1.29, 1.82) is 0 Å². The normalized spacial score (nSPS) is 11.6. The molecule has 0 aliphatic carbocycles. The second-order valence-corrected chi connectivity index (χ2v) is 7.50. The molecule has 0 fully saturated rings. The fourth-order valence-electron chi connectivity index (χ4n) is 3.40. The molecule has 9 heteroatoms. The lowest BCUT2D eigenvalue weighted by molar-refractivity contribution is 0.103. The van der Waals surface area contributed by atoms with Crippen LogP contribution < -0.4 is 5.73 Å². The molecule has 0 saturated carbocycles. The molecule has 4 N–H and O–H groups in total. The van der Waals surface area contributed by atoms with E-state index in [-0.39, 0.29) is 17.2 Å². The molecule has 29 heavy (non-hydrogen) atoms. The molecule has 0 saturated heterocycles. The van der Waals surface area contributed by atoms with Crippen LogP contribution in [-0.4, -0.2) is 30.5 Å². The van der Waals surface area contributed by atoms with Crippen LogP contribution in [0.1, 0.15) is 21.9 Å². The van der Waals surface area contributed by atoms with E-state index in [4.69, 9.17) is 28.9 Å². The van der Waals surface area contributed by atoms with Gasteiger partial charge in [-0.3, -0.25) is 4.79 Å². The van der Waals surface area contributed by atoms with Crippen molar-refractivity contribution in [2.24, 2.45) is 0 Å². The van der Waals surface area contributed by atoms with Crippen LogP contribution >= 0.6 is 23.2 Å². The lowest BCUT2D eigenvalue weighted by Gasteiger charge is -2.04. The van der Waals surface area contributed by atoms with Gasteiger partial charge in [0.25, 0.3) is 0 Å². The molecule has 5 rings (SSSR count). The third-order valence-electron chi connectivity index (χ3n) is 4.82. The highest BCUT2D eigenvalue weighted by Gasteiger charge is 2.20. The van der Waals surface area contributed by atoms with Gasteiger partial charge in [-0.05, 0) is 43.3 Å². The quantitative estimate of drug-likeness (QED) is 0.366. The van der Waals surface area contributed by atoms with Gasteiger partial charge in [0.1, 0.15) is 11.6 Å². The molecular formula is C20H14Cl2N6O. The molecular weight excluding hydrogens is 411 g/mol. The molecule has 3 aromatic heterocycles. The third-order valence-corrected chi connectivity index (χ3v) is 5.63. The van der Waals surface area contributed by atoms with E-state index in [2.05, 4.69) is 20.1 Å². The summed E-state index contributed by atoms with van der Waals surface area (Å²) >= 11 is 12.3. The number of fused-ring (bicyclic) bond motifs is 2. The minimum absolute atomic E-state index is 0.240. The molecule has 0 radical (unpaired) electrons. The predicted octanol–water partition coefficient (Wildman–Crippen LogP) is 4.66. The van der Waals surface area contributed by atoms with Crippen molar-refractivity contribution < 1.29 is 4.79 Å². The second kappa shape index (κ2) is 6.37. The monoisotopic (exact) mass is 424 g/mol. The Bertz CT molecular complexity index is 1430. The van der Waals surface area contributed by atoms with E-state index < -0.39 is 0 Å². The average molecular weight is 425 g/mol. The maximum absolute atomic E-state index is 13.0. The Labute approximate surface area is 174 Å². The number of nitrogen functional groups attached to an aromatic ring is 1. The topological polar surface area (TPSA) is 105 Å². The molecule has 0 aliphatic rings. The van der Waals surface area contributed by atoms with Gasteiger partial charge >= 0.3 is 0 Å². The molecule has 0 bridgehead atoms. The standard InChI is InChI=1S/C20H14Cl2N6O/c1-9-25-15-4-2-10(6-16(15)26-9)28-20(23)12(8-24-28)19(29)17-7-11-14(27-17)5-3-13(21)18(11)22/h2-8,27H,23H2,1H3,(H,25,26). The molecule has 0 spiro atoms. The number of ketones is 1. The van der Waals surface area contributed by atoms with Crippen molar-refractivity contribution in [1.82, 2.24) is 24.7 Å². The Morgan fingerprint density at radius 2 is 1.90 bits per heavy atom. The van der Waals surface area contributed by atoms with Crippen LogP contribution in [0.2, 0.25) is 10.0 Å². The van der Waals surface area contributed by atoms with Gasteiger partial charge in [-0.25, -0.2) is 9.67 Å². The first kappa shape index (κ1) is 17.8. The second-order valence-electron chi connectivity index (χ2n) is 6.71. The summed E-state index contributed by atoms with van der Waals surface area (Å²) in [5, 5.41) is 5.80. The smallest absolute Gasteiger partial charge is 0.214 e. The van der Waals surface area contributed by atoms with Gasteiger partial charge in [-0.2, -0.15) is 5.10 Å². The number of aryl methyl sites for hydroxylation is 1. The van der Waals surface area contributed by atoms with E-state index in [9.17, 15) is 4.79 Å². The third kappa shape index (κ3) is 2.78. The maximum atomic E-state index is 13.0. The van der Waals surface area contributed by atoms with Crippen molar-refractivity contribution in [3.8, 4) is 5.69 Å². The molecule has 5 aromatic rings. The molecule has 3 heterocycles. The van der Waals surface area contributed by atoms with Crippen LogP contribution in [0.3, 0.4) is 0 Å². The van der Waals surface area contributed by atoms with Gasteiger partial charge in [0, 0.05) is 10.9 Å². The molecule has 7 nitrogen and oxygen atoms in total. The van der Waals surface area contributed by atoms with E-state index >= 15 is 0 Å². The van der Waals surface area contributed by atoms with Gasteiger partial charge < -0.3 is 15.7 Å².